The highest BCUT2D eigenvalue weighted by atomic mass is 16.5. The number of ether oxygens (including phenoxy) is 2. The van der Waals surface area contributed by atoms with Gasteiger partial charge in [0.1, 0.15) is 0 Å². The van der Waals surface area contributed by atoms with Crippen LogP contribution in [0, 0.1) is 17.3 Å². The lowest BCUT2D eigenvalue weighted by Crippen LogP contribution is -2.53. The van der Waals surface area contributed by atoms with Crippen LogP contribution in [0.3, 0.4) is 0 Å². The van der Waals surface area contributed by atoms with Gasteiger partial charge >= 0.3 is 17.9 Å². The van der Waals surface area contributed by atoms with Crippen molar-refractivity contribution < 1.29 is 29.0 Å². The maximum atomic E-state index is 12.6. The number of carbonyl (C=O) groups excluding carboxylic acids is 2. The second-order valence-corrected chi connectivity index (χ2v) is 7.01. The predicted octanol–water partition coefficient (Wildman–Crippen LogP) is 2.83. The van der Waals surface area contributed by atoms with E-state index in [0.717, 1.165) is 16.3 Å². The molecule has 27 heavy (non-hydrogen) atoms. The van der Waals surface area contributed by atoms with E-state index in [2.05, 4.69) is 0 Å². The summed E-state index contributed by atoms with van der Waals surface area (Å²) in [6, 6.07) is 13.4. The molecular weight excluding hydrogens is 348 g/mol. The van der Waals surface area contributed by atoms with Crippen molar-refractivity contribution in [2.45, 2.75) is 19.3 Å². The Morgan fingerprint density at radius 1 is 1.04 bits per heavy atom. The zero-order valence-electron chi connectivity index (χ0n) is 15.3. The van der Waals surface area contributed by atoms with Crippen LogP contribution in [0.25, 0.3) is 10.8 Å². The molecule has 0 spiro atoms. The van der Waals surface area contributed by atoms with E-state index < -0.39 is 23.3 Å². The smallest absolute Gasteiger partial charge is 0.323 e. The molecular formula is C21H22O6. The summed E-state index contributed by atoms with van der Waals surface area (Å²) in [7, 11) is 2.49. The van der Waals surface area contributed by atoms with Gasteiger partial charge in [-0.25, -0.2) is 0 Å². The van der Waals surface area contributed by atoms with Crippen molar-refractivity contribution in [3.05, 3.63) is 48.0 Å². The molecule has 1 saturated carbocycles. The molecule has 1 aliphatic rings. The molecule has 1 fully saturated rings. The monoisotopic (exact) mass is 370 g/mol. The van der Waals surface area contributed by atoms with E-state index in [0.29, 0.717) is 12.8 Å². The Hall–Kier alpha value is -2.89. The Labute approximate surface area is 157 Å². The number of rotatable bonds is 6. The normalized spacial score (nSPS) is 21.0. The molecule has 6 nitrogen and oxygen atoms in total. The second kappa shape index (κ2) is 7.39. The molecule has 2 aromatic carbocycles. The lowest BCUT2D eigenvalue weighted by molar-refractivity contribution is -0.179. The zero-order valence-corrected chi connectivity index (χ0v) is 15.3. The van der Waals surface area contributed by atoms with Crippen LogP contribution in [0.2, 0.25) is 0 Å². The third-order valence-electron chi connectivity index (χ3n) is 5.60. The molecule has 3 rings (SSSR count). The fraction of sp³-hybridized carbons (Fsp3) is 0.381. The minimum Gasteiger partial charge on any atom is -0.480 e. The summed E-state index contributed by atoms with van der Waals surface area (Å²) in [5.41, 5.74) is -0.982. The number of fused-ring (bicyclic) bond motifs is 1. The predicted molar refractivity (Wildman–Crippen MR) is 98.0 cm³/mol. The number of hydrogen-bond acceptors (Lipinski definition) is 5. The summed E-state index contributed by atoms with van der Waals surface area (Å²) in [4.78, 5) is 36.6. The Balaban J connectivity index is 1.95. The van der Waals surface area contributed by atoms with E-state index in [1.807, 2.05) is 42.5 Å². The van der Waals surface area contributed by atoms with Gasteiger partial charge in [0.15, 0.2) is 5.41 Å². The highest BCUT2D eigenvalue weighted by Gasteiger charge is 2.58. The van der Waals surface area contributed by atoms with Crippen LogP contribution in [0.15, 0.2) is 42.5 Å². The van der Waals surface area contributed by atoms with Crippen LogP contribution in [-0.4, -0.2) is 37.2 Å². The van der Waals surface area contributed by atoms with Gasteiger partial charge in [0.25, 0.3) is 0 Å². The van der Waals surface area contributed by atoms with Gasteiger partial charge in [0.05, 0.1) is 20.1 Å². The number of aliphatic carboxylic acids is 1. The fourth-order valence-corrected chi connectivity index (χ4v) is 3.95. The molecule has 1 N–H and O–H groups in total. The third kappa shape index (κ3) is 3.27. The summed E-state index contributed by atoms with van der Waals surface area (Å²) in [5, 5.41) is 12.0. The summed E-state index contributed by atoms with van der Waals surface area (Å²) >= 11 is 0. The van der Waals surface area contributed by atoms with Crippen LogP contribution in [0.5, 0.6) is 0 Å². The highest BCUT2D eigenvalue weighted by molar-refractivity contribution is 6.00. The number of methoxy groups -OCH3 is 2. The van der Waals surface area contributed by atoms with E-state index >= 15 is 0 Å². The molecule has 0 amide bonds. The van der Waals surface area contributed by atoms with Crippen LogP contribution < -0.4 is 0 Å². The number of hydrogen-bond donors (Lipinski definition) is 1. The van der Waals surface area contributed by atoms with Crippen molar-refractivity contribution in [1.82, 2.24) is 0 Å². The van der Waals surface area contributed by atoms with Crippen LogP contribution in [0.4, 0.5) is 0 Å². The minimum atomic E-state index is -1.72. The first-order chi connectivity index (χ1) is 12.9. The van der Waals surface area contributed by atoms with Gasteiger partial charge in [-0.05, 0) is 41.5 Å². The van der Waals surface area contributed by atoms with Gasteiger partial charge in [-0.1, -0.05) is 42.5 Å². The Morgan fingerprint density at radius 2 is 1.70 bits per heavy atom. The van der Waals surface area contributed by atoms with Crippen molar-refractivity contribution in [2.24, 2.45) is 17.3 Å². The molecule has 1 unspecified atom stereocenters. The van der Waals surface area contributed by atoms with Crippen molar-refractivity contribution in [1.29, 1.82) is 0 Å². The second-order valence-electron chi connectivity index (χ2n) is 7.01. The Bertz CT molecular complexity index is 883. The molecule has 0 aromatic heterocycles. The molecule has 0 saturated heterocycles. The lowest BCUT2D eigenvalue weighted by Gasteiger charge is -2.43. The zero-order chi connectivity index (χ0) is 19.6. The average molecular weight is 370 g/mol. The van der Waals surface area contributed by atoms with Crippen molar-refractivity contribution in [2.75, 3.05) is 14.2 Å². The van der Waals surface area contributed by atoms with Crippen LogP contribution in [0.1, 0.15) is 18.4 Å². The minimum absolute atomic E-state index is 0.0123. The molecule has 1 atom stereocenters. The topological polar surface area (TPSA) is 89.9 Å². The summed E-state index contributed by atoms with van der Waals surface area (Å²) in [6.07, 6.45) is 0.599. The first kappa shape index (κ1) is 18.9. The van der Waals surface area contributed by atoms with Gasteiger partial charge in [-0.2, -0.15) is 0 Å². The van der Waals surface area contributed by atoms with Crippen molar-refractivity contribution >= 4 is 28.7 Å². The number of carboxylic acid groups (broad SMARTS) is 1. The van der Waals surface area contributed by atoms with Gasteiger partial charge in [-0.3, -0.25) is 14.4 Å². The number of carbonyl (C=O) groups is 3. The molecule has 6 heteroatoms. The largest absolute Gasteiger partial charge is 0.480 e. The van der Waals surface area contributed by atoms with E-state index in [1.165, 1.54) is 14.2 Å². The van der Waals surface area contributed by atoms with Gasteiger partial charge in [-0.15, -0.1) is 0 Å². The number of esters is 2. The quantitative estimate of drug-likeness (QED) is 0.621. The van der Waals surface area contributed by atoms with E-state index in [-0.39, 0.29) is 18.3 Å². The molecule has 0 bridgehead atoms. The average Bonchev–Trinajstić information content (AvgIpc) is 2.64. The summed E-state index contributed by atoms with van der Waals surface area (Å²) in [6.45, 7) is 0. The standard InChI is InChI=1S/C21H22O6/c1-26-18(22)16-10-17(11-16)21(19(23)24,20(25)27-2)12-13-7-8-14-5-3-4-6-15(14)9-13/h3-9,16-17H,10-12H2,1-2H3,(H,23,24). The van der Waals surface area contributed by atoms with Gasteiger partial charge in [0, 0.05) is 0 Å². The van der Waals surface area contributed by atoms with Crippen LogP contribution >= 0.6 is 0 Å². The molecule has 1 aliphatic carbocycles. The number of benzene rings is 2. The Kier molecular flexibility index (Phi) is 5.17. The summed E-state index contributed by atoms with van der Waals surface area (Å²) < 4.78 is 9.61. The van der Waals surface area contributed by atoms with E-state index in [4.69, 9.17) is 9.47 Å². The molecule has 0 aliphatic heterocycles. The van der Waals surface area contributed by atoms with E-state index in [1.54, 1.807) is 0 Å². The molecule has 142 valence electrons. The van der Waals surface area contributed by atoms with Gasteiger partial charge < -0.3 is 14.6 Å². The highest BCUT2D eigenvalue weighted by Crippen LogP contribution is 2.49. The van der Waals surface area contributed by atoms with E-state index in [9.17, 15) is 19.5 Å². The Morgan fingerprint density at radius 3 is 2.30 bits per heavy atom. The SMILES string of the molecule is COC(=O)C1CC(C(Cc2ccc3ccccc3c2)(C(=O)O)C(=O)OC)C1. The molecule has 2 aromatic rings. The van der Waals surface area contributed by atoms with Crippen molar-refractivity contribution in [3.8, 4) is 0 Å². The lowest BCUT2D eigenvalue weighted by atomic mass is 9.58. The molecule has 0 radical (unpaired) electrons. The maximum absolute atomic E-state index is 12.6. The third-order valence-corrected chi connectivity index (χ3v) is 5.60. The maximum Gasteiger partial charge on any atom is 0.323 e. The number of carboxylic acids is 1. The fourth-order valence-electron chi connectivity index (χ4n) is 3.95. The first-order valence-corrected chi connectivity index (χ1v) is 8.79. The van der Waals surface area contributed by atoms with Crippen molar-refractivity contribution in [3.63, 3.8) is 0 Å². The molecule has 0 heterocycles. The summed E-state index contributed by atoms with van der Waals surface area (Å²) in [5.74, 6) is -3.24. The van der Waals surface area contributed by atoms with Crippen LogP contribution in [-0.2, 0) is 30.3 Å². The van der Waals surface area contributed by atoms with Gasteiger partial charge in [0.2, 0.25) is 0 Å². The first-order valence-electron chi connectivity index (χ1n) is 8.79.